The van der Waals surface area contributed by atoms with Gasteiger partial charge in [0.15, 0.2) is 0 Å². The van der Waals surface area contributed by atoms with Gasteiger partial charge in [-0.1, -0.05) is 0 Å². The van der Waals surface area contributed by atoms with E-state index in [-0.39, 0.29) is 42.0 Å². The summed E-state index contributed by atoms with van der Waals surface area (Å²) in [6.07, 6.45) is 4.26. The van der Waals surface area contributed by atoms with Crippen LogP contribution in [-0.4, -0.2) is 73.0 Å². The third-order valence-electron chi connectivity index (χ3n) is 8.88. The second-order valence-corrected chi connectivity index (χ2v) is 12.0. The maximum Gasteiger partial charge on any atom is 0.414 e. The van der Waals surface area contributed by atoms with Crippen molar-refractivity contribution in [3.8, 4) is 0 Å². The van der Waals surface area contributed by atoms with Crippen LogP contribution in [0.1, 0.15) is 55.4 Å². The molecule has 11 nitrogen and oxygen atoms in total. The summed E-state index contributed by atoms with van der Waals surface area (Å²) >= 11 is 0. The highest BCUT2D eigenvalue weighted by molar-refractivity contribution is 5.94. The van der Waals surface area contributed by atoms with Gasteiger partial charge in [-0.15, -0.1) is 0 Å². The third-order valence-corrected chi connectivity index (χ3v) is 8.88. The second-order valence-electron chi connectivity index (χ2n) is 12.0. The Hall–Kier alpha value is -4.68. The zero-order chi connectivity index (χ0) is 32.0. The van der Waals surface area contributed by atoms with E-state index in [4.69, 9.17) is 4.74 Å². The quantitative estimate of drug-likeness (QED) is 0.382. The van der Waals surface area contributed by atoms with Gasteiger partial charge in [-0.25, -0.2) is 18.4 Å². The molecular weight excluding hydrogens is 588 g/mol. The minimum atomic E-state index is -1.34. The summed E-state index contributed by atoms with van der Waals surface area (Å²) in [5.74, 6) is -2.72. The van der Waals surface area contributed by atoms with E-state index in [2.05, 4.69) is 5.32 Å². The number of halogens is 2. The number of amides is 2. The van der Waals surface area contributed by atoms with Gasteiger partial charge in [0.2, 0.25) is 11.3 Å². The van der Waals surface area contributed by atoms with E-state index >= 15 is 8.78 Å². The van der Waals surface area contributed by atoms with Gasteiger partial charge in [0.05, 0.1) is 35.7 Å². The molecule has 0 spiro atoms. The summed E-state index contributed by atoms with van der Waals surface area (Å²) in [5.41, 5.74) is 0.399. The van der Waals surface area contributed by atoms with E-state index in [0.29, 0.717) is 35.7 Å². The Morgan fingerprint density at radius 1 is 1.07 bits per heavy atom. The predicted molar refractivity (Wildman–Crippen MR) is 164 cm³/mol. The number of fused-ring (bicyclic) bond motifs is 1. The van der Waals surface area contributed by atoms with Gasteiger partial charge in [-0.05, 0) is 62.4 Å². The van der Waals surface area contributed by atoms with E-state index in [0.717, 1.165) is 38.2 Å². The van der Waals surface area contributed by atoms with Gasteiger partial charge in [0, 0.05) is 50.7 Å². The highest BCUT2D eigenvalue weighted by Gasteiger charge is 2.34. The first-order valence-corrected chi connectivity index (χ1v) is 15.1. The van der Waals surface area contributed by atoms with E-state index in [1.807, 2.05) is 9.80 Å². The maximum atomic E-state index is 15.7. The number of carboxylic acids is 1. The van der Waals surface area contributed by atoms with Gasteiger partial charge in [-0.3, -0.25) is 14.5 Å². The fourth-order valence-corrected chi connectivity index (χ4v) is 6.31. The second kappa shape index (κ2) is 12.0. The largest absolute Gasteiger partial charge is 0.477 e. The average Bonchev–Trinajstić information content (AvgIpc) is 3.81. The summed E-state index contributed by atoms with van der Waals surface area (Å²) in [6.45, 7) is 2.67. The standard InChI is InChI=1S/C32H35F2N5O6/c1-18(40)35-14-22-16-39(32(44)45-22)20-8-9-27(25(33)11-20)36(2)21-5-3-4-10-37(15-21)29-13-28-23(12-26(29)34)30(41)24(31(42)43)17-38(28)19-6-7-19/h8-9,11-13,17,19,21-22H,3-7,10,14-16H2,1-2H3,(H,35,40)(H,42,43)/t21?,22-/m0/s1. The van der Waals surface area contributed by atoms with Crippen LogP contribution in [0.5, 0.6) is 0 Å². The molecule has 2 amide bonds. The maximum absolute atomic E-state index is 15.7. The number of carboxylic acid groups (broad SMARTS) is 1. The number of rotatable bonds is 8. The van der Waals surface area contributed by atoms with Crippen LogP contribution in [0.25, 0.3) is 10.9 Å². The molecule has 13 heteroatoms. The summed E-state index contributed by atoms with van der Waals surface area (Å²) < 4.78 is 38.3. The van der Waals surface area contributed by atoms with Crippen LogP contribution in [0.4, 0.5) is 30.6 Å². The van der Waals surface area contributed by atoms with Crippen molar-refractivity contribution in [3.05, 3.63) is 63.9 Å². The van der Waals surface area contributed by atoms with Crippen molar-refractivity contribution in [2.45, 2.75) is 57.2 Å². The van der Waals surface area contributed by atoms with Crippen LogP contribution in [0.15, 0.2) is 41.3 Å². The van der Waals surface area contributed by atoms with Crippen molar-refractivity contribution >= 4 is 45.9 Å². The Bertz CT molecular complexity index is 1740. The van der Waals surface area contributed by atoms with Gasteiger partial charge in [0.1, 0.15) is 23.3 Å². The van der Waals surface area contributed by atoms with E-state index < -0.39 is 35.2 Å². The molecular formula is C32H35F2N5O6. The van der Waals surface area contributed by atoms with Crippen LogP contribution < -0.4 is 25.4 Å². The number of benzene rings is 2. The molecule has 1 saturated carbocycles. The molecule has 1 unspecified atom stereocenters. The predicted octanol–water partition coefficient (Wildman–Crippen LogP) is 4.27. The molecule has 2 saturated heterocycles. The fourth-order valence-electron chi connectivity index (χ4n) is 6.31. The first-order chi connectivity index (χ1) is 21.5. The normalized spacial score (nSPS) is 20.2. The first kappa shape index (κ1) is 30.4. The zero-order valence-corrected chi connectivity index (χ0v) is 25.1. The summed E-state index contributed by atoms with van der Waals surface area (Å²) in [6, 6.07) is 7.21. The Balaban J connectivity index is 1.24. The fraction of sp³-hybridized carbons (Fsp3) is 0.438. The number of carbonyl (C=O) groups excluding carboxylic acids is 2. The van der Waals surface area contributed by atoms with Crippen LogP contribution in [0.2, 0.25) is 0 Å². The van der Waals surface area contributed by atoms with E-state index in [1.165, 1.54) is 24.1 Å². The molecule has 0 radical (unpaired) electrons. The number of hydrogen-bond donors (Lipinski definition) is 2. The number of nitrogens with zero attached hydrogens (tertiary/aromatic N) is 4. The lowest BCUT2D eigenvalue weighted by Crippen LogP contribution is -2.42. The molecule has 2 N–H and O–H groups in total. The Morgan fingerprint density at radius 2 is 1.84 bits per heavy atom. The number of anilines is 3. The molecule has 3 aromatic rings. The molecule has 2 aromatic carbocycles. The Labute approximate surface area is 258 Å². The number of nitrogens with one attached hydrogen (secondary N) is 1. The lowest BCUT2D eigenvalue weighted by molar-refractivity contribution is -0.119. The molecule has 3 aliphatic rings. The number of likely N-dealkylation sites (N-methyl/N-ethyl adjacent to an activating group) is 1. The smallest absolute Gasteiger partial charge is 0.414 e. The lowest BCUT2D eigenvalue weighted by atomic mass is 10.1. The van der Waals surface area contributed by atoms with Crippen molar-refractivity contribution in [1.29, 1.82) is 0 Å². The topological polar surface area (TPSA) is 124 Å². The molecule has 3 heterocycles. The van der Waals surface area contributed by atoms with Gasteiger partial charge >= 0.3 is 12.1 Å². The van der Waals surface area contributed by atoms with Crippen LogP contribution >= 0.6 is 0 Å². The zero-order valence-electron chi connectivity index (χ0n) is 25.1. The third kappa shape index (κ3) is 6.03. The van der Waals surface area contributed by atoms with Crippen LogP contribution in [-0.2, 0) is 9.53 Å². The molecule has 3 fully saturated rings. The number of pyridine rings is 1. The number of ether oxygens (including phenoxy) is 1. The molecule has 0 bridgehead atoms. The molecule has 2 aliphatic heterocycles. The van der Waals surface area contributed by atoms with Crippen molar-refractivity contribution < 1.29 is 33.0 Å². The monoisotopic (exact) mass is 623 g/mol. The lowest BCUT2D eigenvalue weighted by Gasteiger charge is -2.34. The van der Waals surface area contributed by atoms with Gasteiger partial charge < -0.3 is 29.5 Å². The average molecular weight is 624 g/mol. The molecule has 238 valence electrons. The van der Waals surface area contributed by atoms with E-state index in [9.17, 15) is 24.3 Å². The van der Waals surface area contributed by atoms with Crippen molar-refractivity contribution in [2.24, 2.45) is 0 Å². The van der Waals surface area contributed by atoms with Crippen molar-refractivity contribution in [1.82, 2.24) is 9.88 Å². The molecule has 1 aliphatic carbocycles. The highest BCUT2D eigenvalue weighted by Crippen LogP contribution is 2.39. The number of carbonyl (C=O) groups is 3. The number of aromatic carboxylic acids is 1. The van der Waals surface area contributed by atoms with Crippen LogP contribution in [0, 0.1) is 11.6 Å². The number of cyclic esters (lactones) is 1. The Kier molecular flexibility index (Phi) is 8.10. The summed E-state index contributed by atoms with van der Waals surface area (Å²) in [7, 11) is 1.79. The van der Waals surface area contributed by atoms with Crippen molar-refractivity contribution in [2.75, 3.05) is 47.9 Å². The molecule has 1 aromatic heterocycles. The highest BCUT2D eigenvalue weighted by atomic mass is 19.1. The molecule has 2 atom stereocenters. The molecule has 45 heavy (non-hydrogen) atoms. The minimum Gasteiger partial charge on any atom is -0.477 e. The number of aromatic nitrogens is 1. The first-order valence-electron chi connectivity index (χ1n) is 15.1. The SMILES string of the molecule is CC(=O)NC[C@H]1CN(c2ccc(N(C)C3CCCCN(c4cc5c(cc4F)c(=O)c(C(=O)O)cn5C4CC4)C3)c(F)c2)C(=O)O1. The van der Waals surface area contributed by atoms with Crippen molar-refractivity contribution in [3.63, 3.8) is 0 Å². The summed E-state index contributed by atoms with van der Waals surface area (Å²) in [5, 5.41) is 12.2. The Morgan fingerprint density at radius 3 is 2.53 bits per heavy atom. The van der Waals surface area contributed by atoms with Gasteiger partial charge in [-0.2, -0.15) is 0 Å². The van der Waals surface area contributed by atoms with Gasteiger partial charge in [0.25, 0.3) is 0 Å². The molecule has 6 rings (SSSR count). The van der Waals surface area contributed by atoms with E-state index in [1.54, 1.807) is 29.8 Å². The minimum absolute atomic E-state index is 0.0389. The van der Waals surface area contributed by atoms with Crippen LogP contribution in [0.3, 0.4) is 0 Å². The summed E-state index contributed by atoms with van der Waals surface area (Å²) in [4.78, 5) is 53.4. The number of hydrogen-bond acceptors (Lipinski definition) is 7.